The highest BCUT2D eigenvalue weighted by Gasteiger charge is 2.21. The van der Waals surface area contributed by atoms with Gasteiger partial charge in [-0.1, -0.05) is 269 Å². The normalized spacial score (nSPS) is 11.3. The van der Waals surface area contributed by atoms with Crippen LogP contribution in [0.4, 0.5) is 34.1 Å². The molecule has 0 N–H and O–H groups in total. The van der Waals surface area contributed by atoms with Crippen molar-refractivity contribution in [1.82, 2.24) is 0 Å². The third kappa shape index (κ3) is 12.8. The SMILES string of the molecule is CCc1cccc(C)c1N(c1ccc(C=C(c2ccccc2)c2ccccc2)cc1)c1ccc(/C=C/c2ccc(/C=C/c3ccc(N(c4ccc(CC(c5ccccc5)c5ccccc5)cc4)c4c(C)cccc4CC)cc3)cc2)cc1. The van der Waals surface area contributed by atoms with Crippen LogP contribution in [-0.4, -0.2) is 0 Å². The van der Waals surface area contributed by atoms with Crippen molar-refractivity contribution in [3.8, 4) is 0 Å². The maximum absolute atomic E-state index is 2.44. The van der Waals surface area contributed by atoms with Crippen molar-refractivity contribution in [3.05, 3.63) is 357 Å². The largest absolute Gasteiger partial charge is 0.310 e. The molecule has 0 heterocycles. The second-order valence-electron chi connectivity index (χ2n) is 21.2. The summed E-state index contributed by atoms with van der Waals surface area (Å²) in [6, 6.07) is 101. The number of hydrogen-bond acceptors (Lipinski definition) is 2. The molecule has 0 spiro atoms. The molecule has 0 saturated carbocycles. The van der Waals surface area contributed by atoms with Crippen LogP contribution in [0.2, 0.25) is 0 Å². The number of rotatable bonds is 19. The Hall–Kier alpha value is -9.76. The Morgan fingerprint density at radius 3 is 1.00 bits per heavy atom. The Labute approximate surface area is 487 Å². The third-order valence-electron chi connectivity index (χ3n) is 15.7. The second-order valence-corrected chi connectivity index (χ2v) is 21.2. The zero-order valence-corrected chi connectivity index (χ0v) is 47.5. The lowest BCUT2D eigenvalue weighted by Crippen LogP contribution is -2.14. The van der Waals surface area contributed by atoms with Crippen molar-refractivity contribution in [2.24, 2.45) is 0 Å². The Kier molecular flexibility index (Phi) is 17.2. The van der Waals surface area contributed by atoms with Gasteiger partial charge >= 0.3 is 0 Å². The molecule has 0 saturated heterocycles. The fraction of sp³-hybridized carbons (Fsp3) is 0.100. The molecule has 2 heteroatoms. The van der Waals surface area contributed by atoms with Crippen molar-refractivity contribution in [1.29, 1.82) is 0 Å². The first kappa shape index (κ1) is 54.2. The predicted octanol–water partition coefficient (Wildman–Crippen LogP) is 21.7. The lowest BCUT2D eigenvalue weighted by Gasteiger charge is -2.29. The van der Waals surface area contributed by atoms with Crippen LogP contribution in [0.3, 0.4) is 0 Å². The predicted molar refractivity (Wildman–Crippen MR) is 353 cm³/mol. The number of nitrogens with zero attached hydrogens (tertiary/aromatic N) is 2. The smallest absolute Gasteiger partial charge is 0.0522 e. The number of hydrogen-bond donors (Lipinski definition) is 0. The molecule has 0 radical (unpaired) electrons. The molecule has 11 aromatic rings. The summed E-state index contributed by atoms with van der Waals surface area (Å²) in [5.41, 5.74) is 25.5. The van der Waals surface area contributed by atoms with E-state index in [1.54, 1.807) is 0 Å². The minimum atomic E-state index is 0.274. The van der Waals surface area contributed by atoms with Gasteiger partial charge in [0.25, 0.3) is 0 Å². The summed E-state index contributed by atoms with van der Waals surface area (Å²) in [5, 5.41) is 0. The van der Waals surface area contributed by atoms with Crippen LogP contribution in [0.1, 0.15) is 97.7 Å². The number of para-hydroxylation sites is 2. The highest BCUT2D eigenvalue weighted by molar-refractivity contribution is 5.92. The van der Waals surface area contributed by atoms with Crippen LogP contribution in [0.15, 0.2) is 279 Å². The molecular weight excluding hydrogens is 989 g/mol. The average Bonchev–Trinajstić information content (AvgIpc) is 3.73. The molecule has 0 amide bonds. The summed E-state index contributed by atoms with van der Waals surface area (Å²) in [7, 11) is 0. The number of benzene rings is 11. The van der Waals surface area contributed by atoms with E-state index in [-0.39, 0.29) is 5.92 Å². The van der Waals surface area contributed by atoms with E-state index in [4.69, 9.17) is 0 Å². The third-order valence-corrected chi connectivity index (χ3v) is 15.7. The maximum Gasteiger partial charge on any atom is 0.0522 e. The van der Waals surface area contributed by atoms with E-state index in [1.807, 2.05) is 0 Å². The van der Waals surface area contributed by atoms with Gasteiger partial charge in [0.05, 0.1) is 11.4 Å². The minimum absolute atomic E-state index is 0.274. The topological polar surface area (TPSA) is 6.48 Å². The van der Waals surface area contributed by atoms with Crippen LogP contribution in [0.5, 0.6) is 0 Å². The van der Waals surface area contributed by atoms with Crippen LogP contribution in [0.25, 0.3) is 36.0 Å². The van der Waals surface area contributed by atoms with E-state index < -0.39 is 0 Å². The molecule has 0 aliphatic rings. The summed E-state index contributed by atoms with van der Waals surface area (Å²) in [6.07, 6.45) is 13.9. The highest BCUT2D eigenvalue weighted by Crippen LogP contribution is 2.42. The molecule has 0 atom stereocenters. The van der Waals surface area contributed by atoms with E-state index in [1.165, 1.54) is 67.0 Å². The Morgan fingerprint density at radius 1 is 0.329 bits per heavy atom. The van der Waals surface area contributed by atoms with Gasteiger partial charge in [0, 0.05) is 28.7 Å². The van der Waals surface area contributed by atoms with Gasteiger partial charge in [0.15, 0.2) is 0 Å². The Morgan fingerprint density at radius 2 is 0.646 bits per heavy atom. The molecule has 0 unspecified atom stereocenters. The van der Waals surface area contributed by atoms with Crippen LogP contribution >= 0.6 is 0 Å². The summed E-state index contributed by atoms with van der Waals surface area (Å²) in [4.78, 5) is 4.86. The summed E-state index contributed by atoms with van der Waals surface area (Å²) in [6.45, 7) is 8.94. The molecule has 82 heavy (non-hydrogen) atoms. The second kappa shape index (κ2) is 26.0. The lowest BCUT2D eigenvalue weighted by atomic mass is 9.86. The van der Waals surface area contributed by atoms with Crippen LogP contribution in [0, 0.1) is 13.8 Å². The Balaban J connectivity index is 0.787. The highest BCUT2D eigenvalue weighted by atomic mass is 15.2. The van der Waals surface area contributed by atoms with Crippen molar-refractivity contribution >= 4 is 70.1 Å². The van der Waals surface area contributed by atoms with Gasteiger partial charge in [-0.3, -0.25) is 0 Å². The first-order chi connectivity index (χ1) is 40.4. The van der Waals surface area contributed by atoms with E-state index in [0.717, 1.165) is 69.8 Å². The average molecular weight is 1060 g/mol. The van der Waals surface area contributed by atoms with Gasteiger partial charge in [0.2, 0.25) is 0 Å². The van der Waals surface area contributed by atoms with Crippen molar-refractivity contribution < 1.29 is 0 Å². The van der Waals surface area contributed by atoms with E-state index in [0.29, 0.717) is 0 Å². The monoisotopic (exact) mass is 1060 g/mol. The van der Waals surface area contributed by atoms with Gasteiger partial charge in [-0.15, -0.1) is 0 Å². The molecule has 2 nitrogen and oxygen atoms in total. The van der Waals surface area contributed by atoms with Gasteiger partial charge in [-0.2, -0.15) is 0 Å². The first-order valence-electron chi connectivity index (χ1n) is 28.9. The summed E-state index contributed by atoms with van der Waals surface area (Å²) < 4.78 is 0. The number of anilines is 6. The van der Waals surface area contributed by atoms with E-state index >= 15 is 0 Å². The van der Waals surface area contributed by atoms with Gasteiger partial charge in [0.1, 0.15) is 0 Å². The molecule has 0 fully saturated rings. The van der Waals surface area contributed by atoms with E-state index in [9.17, 15) is 0 Å². The fourth-order valence-corrected chi connectivity index (χ4v) is 11.3. The lowest BCUT2D eigenvalue weighted by molar-refractivity contribution is 0.805. The molecular formula is C80H70N2. The summed E-state index contributed by atoms with van der Waals surface area (Å²) >= 11 is 0. The first-order valence-corrected chi connectivity index (χ1v) is 28.9. The van der Waals surface area contributed by atoms with Crippen LogP contribution < -0.4 is 9.80 Å². The van der Waals surface area contributed by atoms with Crippen molar-refractivity contribution in [2.45, 2.75) is 52.9 Å². The van der Waals surface area contributed by atoms with Crippen molar-refractivity contribution in [2.75, 3.05) is 9.80 Å². The molecule has 11 rings (SSSR count). The Bertz CT molecular complexity index is 3830. The van der Waals surface area contributed by atoms with E-state index in [2.05, 4.69) is 347 Å². The molecule has 0 bridgehead atoms. The maximum atomic E-state index is 2.44. The zero-order valence-electron chi connectivity index (χ0n) is 47.5. The summed E-state index contributed by atoms with van der Waals surface area (Å²) in [5.74, 6) is 0.274. The molecule has 0 aliphatic heterocycles. The van der Waals surface area contributed by atoms with Crippen molar-refractivity contribution in [3.63, 3.8) is 0 Å². The quantitative estimate of drug-likeness (QED) is 0.0745. The van der Waals surface area contributed by atoms with Gasteiger partial charge in [-0.25, -0.2) is 0 Å². The zero-order chi connectivity index (χ0) is 56.0. The molecule has 0 aromatic heterocycles. The number of aryl methyl sites for hydroxylation is 4. The molecule has 11 aromatic carbocycles. The van der Waals surface area contributed by atoms with Crippen LogP contribution in [-0.2, 0) is 19.3 Å². The van der Waals surface area contributed by atoms with Gasteiger partial charge < -0.3 is 9.80 Å². The standard InChI is InChI=1S/C80H70N2/c1-5-67-31-19-21-59(3)79(67)81(75-53-45-65(46-54-75)57-77(69-23-11-7-12-24-69)70-25-13-8-14-26-70)73-49-41-63(42-50-73)39-37-61-33-35-62(36-34-61)38-40-64-43-51-74(52-44-64)82(80-60(4)22-20-32-68(80)6-2)76-55-47-66(48-56-76)58-78(71-27-15-9-16-28-71)72-29-17-10-18-30-72/h7-57,78H,5-6,58H2,1-4H3/b39-37+,40-38+. The molecule has 400 valence electrons. The fourth-order valence-electron chi connectivity index (χ4n) is 11.3. The van der Waals surface area contributed by atoms with Gasteiger partial charge in [-0.05, 0) is 171 Å². The molecule has 0 aliphatic carbocycles. The minimum Gasteiger partial charge on any atom is -0.310 e.